The van der Waals surface area contributed by atoms with Crippen LogP contribution in [0.1, 0.15) is 20.1 Å². The van der Waals surface area contributed by atoms with Crippen LogP contribution in [0.4, 0.5) is 4.39 Å². The summed E-state index contributed by atoms with van der Waals surface area (Å²) in [4.78, 5) is 24.5. The first-order chi connectivity index (χ1) is 9.51. The molecule has 104 valence electrons. The number of hydrogen-bond acceptors (Lipinski definition) is 4. The van der Waals surface area contributed by atoms with Crippen LogP contribution in [0.5, 0.6) is 0 Å². The van der Waals surface area contributed by atoms with Gasteiger partial charge in [-0.05, 0) is 30.3 Å². The van der Waals surface area contributed by atoms with Crippen LogP contribution in [0.2, 0.25) is 5.02 Å². The Morgan fingerprint density at radius 2 is 2.05 bits per heavy atom. The molecule has 1 heterocycles. The van der Waals surface area contributed by atoms with E-state index in [0.717, 1.165) is 10.9 Å². The van der Waals surface area contributed by atoms with E-state index in [0.29, 0.717) is 10.4 Å². The van der Waals surface area contributed by atoms with Gasteiger partial charge in [0, 0.05) is 10.4 Å². The number of ketones is 1. The molecule has 0 fully saturated rings. The second kappa shape index (κ2) is 6.15. The minimum Gasteiger partial charge on any atom is -0.469 e. The first kappa shape index (κ1) is 14.7. The Morgan fingerprint density at radius 3 is 2.70 bits per heavy atom. The summed E-state index contributed by atoms with van der Waals surface area (Å²) in [5.41, 5.74) is 0.308. The molecule has 3 nitrogen and oxygen atoms in total. The Kier molecular flexibility index (Phi) is 4.52. The highest BCUT2D eigenvalue weighted by Crippen LogP contribution is 2.23. The number of methoxy groups -OCH3 is 1. The molecule has 1 aromatic carbocycles. The molecule has 0 aliphatic heterocycles. The van der Waals surface area contributed by atoms with Gasteiger partial charge >= 0.3 is 5.97 Å². The Labute approximate surface area is 123 Å². The number of hydrogen-bond donors (Lipinski definition) is 0. The first-order valence-corrected chi connectivity index (χ1v) is 6.86. The summed E-state index contributed by atoms with van der Waals surface area (Å²) < 4.78 is 17.6. The van der Waals surface area contributed by atoms with Crippen molar-refractivity contribution in [1.29, 1.82) is 0 Å². The lowest BCUT2D eigenvalue weighted by Crippen LogP contribution is -2.02. The zero-order valence-electron chi connectivity index (χ0n) is 10.5. The fourth-order valence-electron chi connectivity index (χ4n) is 1.59. The summed E-state index contributed by atoms with van der Waals surface area (Å²) in [7, 11) is 1.31. The maximum atomic E-state index is 13.1. The van der Waals surface area contributed by atoms with Crippen molar-refractivity contribution in [2.75, 3.05) is 7.11 Å². The molecule has 6 heteroatoms. The molecule has 0 aliphatic rings. The molecule has 0 atom stereocenters. The normalized spacial score (nSPS) is 10.3. The van der Waals surface area contributed by atoms with Crippen molar-refractivity contribution < 1.29 is 18.7 Å². The standard InChI is InChI=1S/C14H10ClFO3S/c1-19-13(17)7-9-3-5-12(20-9)14(18)8-2-4-11(16)10(15)6-8/h2-6H,7H2,1H3. The summed E-state index contributed by atoms with van der Waals surface area (Å²) in [5, 5.41) is -0.0952. The zero-order valence-corrected chi connectivity index (χ0v) is 12.1. The molecule has 0 N–H and O–H groups in total. The third kappa shape index (κ3) is 3.23. The number of ether oxygens (including phenoxy) is 1. The lowest BCUT2D eigenvalue weighted by molar-refractivity contribution is -0.139. The topological polar surface area (TPSA) is 43.4 Å². The lowest BCUT2D eigenvalue weighted by atomic mass is 10.1. The molecular weight excluding hydrogens is 303 g/mol. The maximum Gasteiger partial charge on any atom is 0.310 e. The molecule has 0 radical (unpaired) electrons. The molecule has 0 unspecified atom stereocenters. The van der Waals surface area contributed by atoms with E-state index < -0.39 is 5.82 Å². The number of esters is 1. The van der Waals surface area contributed by atoms with Crippen molar-refractivity contribution in [3.8, 4) is 0 Å². The SMILES string of the molecule is COC(=O)Cc1ccc(C(=O)c2ccc(F)c(Cl)c2)s1. The summed E-state index contributed by atoms with van der Waals surface area (Å²) in [6, 6.07) is 7.14. The van der Waals surface area contributed by atoms with Gasteiger partial charge in [-0.15, -0.1) is 11.3 Å². The maximum absolute atomic E-state index is 13.1. The van der Waals surface area contributed by atoms with Gasteiger partial charge in [0.25, 0.3) is 0 Å². The largest absolute Gasteiger partial charge is 0.469 e. The summed E-state index contributed by atoms with van der Waals surface area (Å²) >= 11 is 6.86. The summed E-state index contributed by atoms with van der Waals surface area (Å²) in [6.45, 7) is 0. The van der Waals surface area contributed by atoms with Crippen molar-refractivity contribution in [2.45, 2.75) is 6.42 Å². The van der Waals surface area contributed by atoms with Gasteiger partial charge in [-0.1, -0.05) is 11.6 Å². The molecule has 2 aromatic rings. The Bertz CT molecular complexity index is 666. The molecular formula is C14H10ClFO3S. The second-order valence-electron chi connectivity index (χ2n) is 3.98. The highest BCUT2D eigenvalue weighted by atomic mass is 35.5. The van der Waals surface area contributed by atoms with Crippen LogP contribution < -0.4 is 0 Å². The van der Waals surface area contributed by atoms with E-state index in [4.69, 9.17) is 11.6 Å². The smallest absolute Gasteiger partial charge is 0.310 e. The van der Waals surface area contributed by atoms with Crippen LogP contribution in [-0.4, -0.2) is 18.9 Å². The molecule has 2 rings (SSSR count). The van der Waals surface area contributed by atoms with Crippen molar-refractivity contribution in [3.05, 3.63) is 56.5 Å². The average Bonchev–Trinajstić information content (AvgIpc) is 2.89. The monoisotopic (exact) mass is 312 g/mol. The van der Waals surface area contributed by atoms with Gasteiger partial charge in [-0.25, -0.2) is 4.39 Å². The molecule has 0 amide bonds. The van der Waals surface area contributed by atoms with E-state index in [2.05, 4.69) is 4.74 Å². The molecule has 0 bridgehead atoms. The van der Waals surface area contributed by atoms with Crippen molar-refractivity contribution >= 4 is 34.7 Å². The van der Waals surface area contributed by atoms with E-state index in [1.165, 1.54) is 30.6 Å². The van der Waals surface area contributed by atoms with Crippen molar-refractivity contribution in [3.63, 3.8) is 0 Å². The third-order valence-electron chi connectivity index (χ3n) is 2.61. The Balaban J connectivity index is 2.21. The minimum atomic E-state index is -0.569. The zero-order chi connectivity index (χ0) is 14.7. The fraction of sp³-hybridized carbons (Fsp3) is 0.143. The number of thiophene rings is 1. The molecule has 1 aromatic heterocycles. The quantitative estimate of drug-likeness (QED) is 0.641. The number of carbonyl (C=O) groups is 2. The highest BCUT2D eigenvalue weighted by molar-refractivity contribution is 7.14. The van der Waals surface area contributed by atoms with Gasteiger partial charge in [-0.3, -0.25) is 9.59 Å². The van der Waals surface area contributed by atoms with Crippen LogP contribution in [0.25, 0.3) is 0 Å². The molecule has 0 aliphatic carbocycles. The van der Waals surface area contributed by atoms with Gasteiger partial charge in [-0.2, -0.15) is 0 Å². The molecule has 0 saturated heterocycles. The van der Waals surface area contributed by atoms with E-state index in [1.54, 1.807) is 12.1 Å². The van der Waals surface area contributed by atoms with E-state index in [-0.39, 0.29) is 23.2 Å². The van der Waals surface area contributed by atoms with E-state index in [9.17, 15) is 14.0 Å². The molecule has 0 saturated carbocycles. The highest BCUT2D eigenvalue weighted by Gasteiger charge is 2.15. The number of carbonyl (C=O) groups excluding carboxylic acids is 2. The summed E-state index contributed by atoms with van der Waals surface area (Å²) in [6.07, 6.45) is 0.124. The van der Waals surface area contributed by atoms with Gasteiger partial charge in [0.05, 0.1) is 23.4 Å². The van der Waals surface area contributed by atoms with Crippen LogP contribution in [0.3, 0.4) is 0 Å². The predicted molar refractivity (Wildman–Crippen MR) is 74.9 cm³/mol. The number of rotatable bonds is 4. The van der Waals surface area contributed by atoms with E-state index in [1.807, 2.05) is 0 Å². The van der Waals surface area contributed by atoms with Crippen LogP contribution in [0, 0.1) is 5.82 Å². The third-order valence-corrected chi connectivity index (χ3v) is 3.99. The average molecular weight is 313 g/mol. The Hall–Kier alpha value is -1.72. The summed E-state index contributed by atoms with van der Waals surface area (Å²) in [5.74, 6) is -1.19. The second-order valence-corrected chi connectivity index (χ2v) is 5.55. The fourth-order valence-corrected chi connectivity index (χ4v) is 2.72. The molecule has 20 heavy (non-hydrogen) atoms. The van der Waals surface area contributed by atoms with Crippen molar-refractivity contribution in [2.24, 2.45) is 0 Å². The van der Waals surface area contributed by atoms with Crippen molar-refractivity contribution in [1.82, 2.24) is 0 Å². The van der Waals surface area contributed by atoms with Crippen LogP contribution in [0.15, 0.2) is 30.3 Å². The predicted octanol–water partition coefficient (Wildman–Crippen LogP) is 3.49. The lowest BCUT2D eigenvalue weighted by Gasteiger charge is -2.00. The molecule has 0 spiro atoms. The minimum absolute atomic E-state index is 0.0952. The number of benzene rings is 1. The Morgan fingerprint density at radius 1 is 1.30 bits per heavy atom. The van der Waals surface area contributed by atoms with Gasteiger partial charge in [0.1, 0.15) is 5.82 Å². The van der Waals surface area contributed by atoms with Crippen LogP contribution in [-0.2, 0) is 16.0 Å². The van der Waals surface area contributed by atoms with Gasteiger partial charge in [0.15, 0.2) is 0 Å². The number of halogens is 2. The van der Waals surface area contributed by atoms with E-state index >= 15 is 0 Å². The van der Waals surface area contributed by atoms with Gasteiger partial charge in [0.2, 0.25) is 5.78 Å². The van der Waals surface area contributed by atoms with Crippen LogP contribution >= 0.6 is 22.9 Å². The first-order valence-electron chi connectivity index (χ1n) is 5.66. The van der Waals surface area contributed by atoms with Gasteiger partial charge < -0.3 is 4.74 Å².